The monoisotopic (exact) mass is 174 g/mol. The molecule has 1 aromatic rings. The topological polar surface area (TPSA) is 29.1 Å². The van der Waals surface area contributed by atoms with Crippen LogP contribution in [0.1, 0.15) is 25.3 Å². The second-order valence-corrected chi connectivity index (χ2v) is 3.71. The maximum Gasteiger partial charge on any atom is 0.232 e. The maximum absolute atomic E-state index is 11.5. The van der Waals surface area contributed by atoms with E-state index in [2.05, 4.69) is 25.2 Å². The average Bonchev–Trinajstić information content (AvgIpc) is 2.39. The van der Waals surface area contributed by atoms with Crippen molar-refractivity contribution in [2.45, 2.75) is 19.8 Å². The van der Waals surface area contributed by atoms with Crippen LogP contribution in [0.25, 0.3) is 0 Å². The van der Waals surface area contributed by atoms with Gasteiger partial charge in [0.2, 0.25) is 5.91 Å². The predicted octanol–water partition coefficient (Wildman–Crippen LogP) is 2.18. The lowest BCUT2D eigenvalue weighted by atomic mass is 9.90. The van der Waals surface area contributed by atoms with Crippen molar-refractivity contribution < 1.29 is 4.79 Å². The lowest BCUT2D eigenvalue weighted by molar-refractivity contribution is -0.117. The Labute approximate surface area is 78.0 Å². The van der Waals surface area contributed by atoms with Gasteiger partial charge in [-0.05, 0) is 23.6 Å². The second-order valence-electron chi connectivity index (χ2n) is 3.71. The van der Waals surface area contributed by atoms with Gasteiger partial charge in [0.15, 0.2) is 0 Å². The first-order valence-electron chi connectivity index (χ1n) is 4.51. The van der Waals surface area contributed by atoms with Crippen LogP contribution in [-0.2, 0) is 4.79 Å². The summed E-state index contributed by atoms with van der Waals surface area (Å²) in [5.41, 5.74) is 1.94. The Morgan fingerprint density at radius 2 is 2.31 bits per heavy atom. The molecule has 2 nitrogen and oxygen atoms in total. The van der Waals surface area contributed by atoms with E-state index < -0.39 is 0 Å². The summed E-state index contributed by atoms with van der Waals surface area (Å²) in [7, 11) is 0. The first-order chi connectivity index (χ1) is 6.20. The molecule has 0 bridgehead atoms. The largest absolute Gasteiger partial charge is 0.325 e. The summed E-state index contributed by atoms with van der Waals surface area (Å²) in [6.45, 7) is 4.11. The Balaban J connectivity index is 2.46. The molecule has 13 heavy (non-hydrogen) atoms. The van der Waals surface area contributed by atoms with Gasteiger partial charge in [0.25, 0.3) is 0 Å². The van der Waals surface area contributed by atoms with Crippen LogP contribution in [0, 0.1) is 12.0 Å². The van der Waals surface area contributed by atoms with E-state index in [4.69, 9.17) is 0 Å². The number of hydrogen-bond donors (Lipinski definition) is 1. The van der Waals surface area contributed by atoms with Crippen LogP contribution in [0.5, 0.6) is 0 Å². The van der Waals surface area contributed by atoms with Gasteiger partial charge in [-0.15, -0.1) is 0 Å². The molecule has 1 aliphatic rings. The fourth-order valence-corrected chi connectivity index (χ4v) is 1.79. The number of anilines is 1. The number of amides is 1. The fraction of sp³-hybridized carbons (Fsp3) is 0.364. The van der Waals surface area contributed by atoms with Crippen molar-refractivity contribution in [3.63, 3.8) is 0 Å². The van der Waals surface area contributed by atoms with Gasteiger partial charge in [-0.1, -0.05) is 26.0 Å². The quantitative estimate of drug-likeness (QED) is 0.694. The molecule has 1 N–H and O–H groups in total. The average molecular weight is 174 g/mol. The molecule has 0 saturated heterocycles. The minimum Gasteiger partial charge on any atom is -0.325 e. The minimum absolute atomic E-state index is 0.0174. The number of hydrogen-bond acceptors (Lipinski definition) is 1. The van der Waals surface area contributed by atoms with Gasteiger partial charge in [0.1, 0.15) is 0 Å². The van der Waals surface area contributed by atoms with Crippen LogP contribution in [0.3, 0.4) is 0 Å². The number of benzene rings is 1. The van der Waals surface area contributed by atoms with E-state index in [9.17, 15) is 4.79 Å². The third-order valence-corrected chi connectivity index (χ3v) is 2.41. The molecule has 0 saturated carbocycles. The molecule has 1 heterocycles. The van der Waals surface area contributed by atoms with Crippen LogP contribution in [0.15, 0.2) is 18.2 Å². The lowest BCUT2D eigenvalue weighted by Crippen LogP contribution is -2.16. The summed E-state index contributed by atoms with van der Waals surface area (Å²) in [5.74, 6) is 0.420. The van der Waals surface area contributed by atoms with Crippen molar-refractivity contribution in [3.05, 3.63) is 29.8 Å². The van der Waals surface area contributed by atoms with Crippen LogP contribution in [0.2, 0.25) is 0 Å². The van der Waals surface area contributed by atoms with E-state index in [1.54, 1.807) is 0 Å². The number of nitrogens with one attached hydrogen (secondary N) is 1. The zero-order valence-corrected chi connectivity index (χ0v) is 7.79. The summed E-state index contributed by atoms with van der Waals surface area (Å²) in [6.07, 6.45) is 0. The SMILES string of the molecule is CC(C)C1C(=O)Nc2ccc[c]c21. The molecular weight excluding hydrogens is 162 g/mol. The van der Waals surface area contributed by atoms with E-state index in [1.165, 1.54) is 0 Å². The van der Waals surface area contributed by atoms with E-state index >= 15 is 0 Å². The third kappa shape index (κ3) is 1.22. The van der Waals surface area contributed by atoms with E-state index in [0.29, 0.717) is 5.92 Å². The van der Waals surface area contributed by atoms with Crippen LogP contribution < -0.4 is 5.32 Å². The molecule has 0 fully saturated rings. The Morgan fingerprint density at radius 1 is 1.54 bits per heavy atom. The number of carbonyl (C=O) groups excluding carboxylic acids is 1. The highest BCUT2D eigenvalue weighted by Gasteiger charge is 2.32. The molecule has 1 aliphatic heterocycles. The highest BCUT2D eigenvalue weighted by molar-refractivity contribution is 6.02. The van der Waals surface area contributed by atoms with E-state index in [1.807, 2.05) is 18.2 Å². The predicted molar refractivity (Wildman–Crippen MR) is 51.5 cm³/mol. The molecular formula is C11H12NO. The summed E-state index contributed by atoms with van der Waals surface area (Å²) < 4.78 is 0. The van der Waals surface area contributed by atoms with Gasteiger partial charge < -0.3 is 5.32 Å². The Kier molecular flexibility index (Phi) is 1.83. The van der Waals surface area contributed by atoms with Crippen LogP contribution in [-0.4, -0.2) is 5.91 Å². The molecule has 1 atom stereocenters. The second kappa shape index (κ2) is 2.87. The van der Waals surface area contributed by atoms with Gasteiger partial charge in [-0.2, -0.15) is 0 Å². The molecule has 0 aromatic heterocycles. The fourth-order valence-electron chi connectivity index (χ4n) is 1.79. The zero-order valence-electron chi connectivity index (χ0n) is 7.79. The lowest BCUT2D eigenvalue weighted by Gasteiger charge is -2.11. The molecule has 1 unspecified atom stereocenters. The molecule has 2 rings (SSSR count). The van der Waals surface area contributed by atoms with E-state index in [-0.39, 0.29) is 11.8 Å². The molecule has 67 valence electrons. The molecule has 0 spiro atoms. The number of rotatable bonds is 1. The summed E-state index contributed by atoms with van der Waals surface area (Å²) in [5, 5.41) is 2.86. The molecule has 1 radical (unpaired) electrons. The number of fused-ring (bicyclic) bond motifs is 1. The van der Waals surface area contributed by atoms with Gasteiger partial charge >= 0.3 is 0 Å². The summed E-state index contributed by atoms with van der Waals surface area (Å²) in [6, 6.07) is 8.80. The van der Waals surface area contributed by atoms with Gasteiger partial charge in [0.05, 0.1) is 5.92 Å². The Bertz CT molecular complexity index is 344. The van der Waals surface area contributed by atoms with Crippen molar-refractivity contribution in [1.82, 2.24) is 0 Å². The Hall–Kier alpha value is -1.31. The maximum atomic E-state index is 11.5. The minimum atomic E-state index is -0.0174. The summed E-state index contributed by atoms with van der Waals surface area (Å²) in [4.78, 5) is 11.5. The van der Waals surface area contributed by atoms with Crippen LogP contribution >= 0.6 is 0 Å². The molecule has 1 amide bonds. The molecule has 0 aliphatic carbocycles. The smallest absolute Gasteiger partial charge is 0.232 e. The zero-order chi connectivity index (χ0) is 9.42. The van der Waals surface area contributed by atoms with Crippen molar-refractivity contribution >= 4 is 11.6 Å². The molecule has 2 heteroatoms. The summed E-state index contributed by atoms with van der Waals surface area (Å²) >= 11 is 0. The molecule has 1 aromatic carbocycles. The van der Waals surface area contributed by atoms with Gasteiger partial charge in [0, 0.05) is 5.69 Å². The highest BCUT2D eigenvalue weighted by Crippen LogP contribution is 2.36. The van der Waals surface area contributed by atoms with Gasteiger partial charge in [-0.3, -0.25) is 4.79 Å². The Morgan fingerprint density at radius 3 is 3.00 bits per heavy atom. The number of carbonyl (C=O) groups is 1. The first kappa shape index (κ1) is 8.30. The van der Waals surface area contributed by atoms with Gasteiger partial charge in [-0.25, -0.2) is 0 Å². The standard InChI is InChI=1S/C11H12NO/c1-7(2)10-8-5-3-4-6-9(8)12-11(10)13/h3-4,6-7,10H,1-2H3,(H,12,13). The van der Waals surface area contributed by atoms with Crippen molar-refractivity contribution in [1.29, 1.82) is 0 Å². The highest BCUT2D eigenvalue weighted by atomic mass is 16.2. The van der Waals surface area contributed by atoms with Crippen molar-refractivity contribution in [2.24, 2.45) is 5.92 Å². The van der Waals surface area contributed by atoms with Crippen molar-refractivity contribution in [2.75, 3.05) is 5.32 Å². The van der Waals surface area contributed by atoms with Crippen molar-refractivity contribution in [3.8, 4) is 0 Å². The van der Waals surface area contributed by atoms with E-state index in [0.717, 1.165) is 11.3 Å². The first-order valence-corrected chi connectivity index (χ1v) is 4.51. The van der Waals surface area contributed by atoms with Crippen LogP contribution in [0.4, 0.5) is 5.69 Å². The third-order valence-electron chi connectivity index (χ3n) is 2.41. The normalized spacial score (nSPS) is 20.2.